The summed E-state index contributed by atoms with van der Waals surface area (Å²) in [6.07, 6.45) is 10.4. The number of hydrogen-bond acceptors (Lipinski definition) is 6. The van der Waals surface area contributed by atoms with E-state index in [1.165, 1.54) is 5.56 Å². The van der Waals surface area contributed by atoms with E-state index in [0.29, 0.717) is 6.61 Å². The number of carbonyl (C=O) groups is 1. The molecule has 1 aromatic heterocycles. The molecule has 0 N–H and O–H groups in total. The van der Waals surface area contributed by atoms with Gasteiger partial charge in [0.25, 0.3) is 0 Å². The van der Waals surface area contributed by atoms with Crippen LogP contribution in [0.3, 0.4) is 0 Å². The summed E-state index contributed by atoms with van der Waals surface area (Å²) in [5, 5.41) is 0.798. The molecule has 0 saturated carbocycles. The minimum absolute atomic E-state index is 0.0135. The van der Waals surface area contributed by atoms with Gasteiger partial charge in [0, 0.05) is 24.5 Å². The molecule has 5 nitrogen and oxygen atoms in total. The number of hydrogen-bond donors (Lipinski definition) is 0. The van der Waals surface area contributed by atoms with Crippen molar-refractivity contribution in [2.45, 2.75) is 50.7 Å². The van der Waals surface area contributed by atoms with Gasteiger partial charge in [-0.2, -0.15) is 0 Å². The molecule has 0 radical (unpaired) electrons. The number of esters is 1. The van der Waals surface area contributed by atoms with Crippen molar-refractivity contribution < 1.29 is 9.53 Å². The van der Waals surface area contributed by atoms with Gasteiger partial charge in [-0.15, -0.1) is 0 Å². The van der Waals surface area contributed by atoms with Crippen LogP contribution in [-0.2, 0) is 22.5 Å². The molecular weight excluding hydrogens is 382 g/mol. The first-order valence-electron chi connectivity index (χ1n) is 10.4. The molecule has 1 fully saturated rings. The molecule has 2 heterocycles. The van der Waals surface area contributed by atoms with Crippen molar-refractivity contribution in [3.63, 3.8) is 0 Å². The number of ether oxygens (including phenoxy) is 1. The molecule has 0 amide bonds. The van der Waals surface area contributed by atoms with Gasteiger partial charge in [-0.05, 0) is 63.9 Å². The Labute approximate surface area is 178 Å². The summed E-state index contributed by atoms with van der Waals surface area (Å²) >= 11 is 1.55. The number of likely N-dealkylation sites (tertiary alicyclic amines) is 1. The van der Waals surface area contributed by atoms with Crippen LogP contribution in [0, 0.1) is 5.41 Å². The van der Waals surface area contributed by atoms with E-state index in [-0.39, 0.29) is 11.4 Å². The summed E-state index contributed by atoms with van der Waals surface area (Å²) in [5.41, 5.74) is 2.11. The highest BCUT2D eigenvalue weighted by atomic mass is 32.2. The van der Waals surface area contributed by atoms with Crippen molar-refractivity contribution in [1.82, 2.24) is 14.9 Å². The summed E-state index contributed by atoms with van der Waals surface area (Å²) < 4.78 is 5.49. The smallest absolute Gasteiger partial charge is 0.312 e. The zero-order valence-electron chi connectivity index (χ0n) is 17.5. The summed E-state index contributed by atoms with van der Waals surface area (Å²) in [6, 6.07) is 10.5. The minimum atomic E-state index is -0.347. The highest BCUT2D eigenvalue weighted by molar-refractivity contribution is 7.98. The van der Waals surface area contributed by atoms with Gasteiger partial charge < -0.3 is 4.74 Å². The van der Waals surface area contributed by atoms with Crippen LogP contribution in [-0.4, -0.2) is 46.8 Å². The second-order valence-corrected chi connectivity index (χ2v) is 8.47. The third-order valence-electron chi connectivity index (χ3n) is 5.76. The lowest BCUT2D eigenvalue weighted by molar-refractivity contribution is -0.159. The monoisotopic (exact) mass is 413 g/mol. The summed E-state index contributed by atoms with van der Waals surface area (Å²) in [6.45, 7) is 4.96. The Morgan fingerprint density at radius 3 is 2.45 bits per heavy atom. The van der Waals surface area contributed by atoms with Crippen molar-refractivity contribution in [3.05, 3.63) is 53.9 Å². The Bertz CT molecular complexity index is 759. The van der Waals surface area contributed by atoms with E-state index in [0.717, 1.165) is 62.5 Å². The lowest BCUT2D eigenvalue weighted by atomic mass is 9.74. The number of aryl methyl sites for hydroxylation is 1. The molecule has 29 heavy (non-hydrogen) atoms. The Kier molecular flexibility index (Phi) is 8.07. The van der Waals surface area contributed by atoms with Crippen LogP contribution in [0.1, 0.15) is 43.7 Å². The fourth-order valence-electron chi connectivity index (χ4n) is 4.04. The highest BCUT2D eigenvalue weighted by Gasteiger charge is 2.42. The Morgan fingerprint density at radius 2 is 1.83 bits per heavy atom. The maximum Gasteiger partial charge on any atom is 0.312 e. The van der Waals surface area contributed by atoms with E-state index in [9.17, 15) is 4.79 Å². The average Bonchev–Trinajstić information content (AvgIpc) is 2.76. The van der Waals surface area contributed by atoms with Gasteiger partial charge >= 0.3 is 5.97 Å². The molecule has 0 unspecified atom stereocenters. The first kappa shape index (κ1) is 21.8. The summed E-state index contributed by atoms with van der Waals surface area (Å²) in [5.74, 6) is -0.0135. The largest absolute Gasteiger partial charge is 0.466 e. The molecule has 1 aliphatic rings. The van der Waals surface area contributed by atoms with Crippen LogP contribution < -0.4 is 0 Å². The van der Waals surface area contributed by atoms with Crippen LogP contribution in [0.25, 0.3) is 0 Å². The molecule has 2 aromatic rings. The van der Waals surface area contributed by atoms with Gasteiger partial charge in [-0.25, -0.2) is 9.97 Å². The normalized spacial score (nSPS) is 16.5. The Hall–Kier alpha value is -1.92. The first-order chi connectivity index (χ1) is 14.1. The van der Waals surface area contributed by atoms with Crippen molar-refractivity contribution >= 4 is 17.7 Å². The second-order valence-electron chi connectivity index (χ2n) is 7.69. The third-order valence-corrected chi connectivity index (χ3v) is 6.33. The lowest BCUT2D eigenvalue weighted by Crippen LogP contribution is -2.45. The fraction of sp³-hybridized carbons (Fsp3) is 0.522. The van der Waals surface area contributed by atoms with Crippen LogP contribution in [0.15, 0.2) is 47.9 Å². The molecule has 1 aromatic carbocycles. The van der Waals surface area contributed by atoms with Gasteiger partial charge in [-0.1, -0.05) is 42.1 Å². The van der Waals surface area contributed by atoms with Gasteiger partial charge in [-0.3, -0.25) is 9.69 Å². The van der Waals surface area contributed by atoms with Gasteiger partial charge in [0.15, 0.2) is 5.16 Å². The summed E-state index contributed by atoms with van der Waals surface area (Å²) in [4.78, 5) is 24.0. The van der Waals surface area contributed by atoms with Crippen LogP contribution in [0.5, 0.6) is 0 Å². The van der Waals surface area contributed by atoms with E-state index < -0.39 is 0 Å². The van der Waals surface area contributed by atoms with Crippen molar-refractivity contribution in [1.29, 1.82) is 0 Å². The minimum Gasteiger partial charge on any atom is -0.466 e. The van der Waals surface area contributed by atoms with E-state index >= 15 is 0 Å². The second kappa shape index (κ2) is 10.7. The topological polar surface area (TPSA) is 55.3 Å². The quantitative estimate of drug-likeness (QED) is 0.346. The zero-order valence-corrected chi connectivity index (χ0v) is 18.3. The van der Waals surface area contributed by atoms with Crippen molar-refractivity contribution in [3.8, 4) is 0 Å². The van der Waals surface area contributed by atoms with Crippen LogP contribution in [0.4, 0.5) is 0 Å². The number of benzene rings is 1. The molecule has 0 spiro atoms. The van der Waals surface area contributed by atoms with Gasteiger partial charge in [0.2, 0.25) is 0 Å². The van der Waals surface area contributed by atoms with Gasteiger partial charge in [0.1, 0.15) is 0 Å². The van der Waals surface area contributed by atoms with Crippen molar-refractivity contribution in [2.75, 3.05) is 26.0 Å². The molecular formula is C23H31N3O2S. The van der Waals surface area contributed by atoms with E-state index in [1.807, 2.05) is 31.6 Å². The molecule has 0 atom stereocenters. The molecule has 1 saturated heterocycles. The molecule has 0 aliphatic carbocycles. The van der Waals surface area contributed by atoms with Crippen LogP contribution in [0.2, 0.25) is 0 Å². The average molecular weight is 414 g/mol. The van der Waals surface area contributed by atoms with Crippen LogP contribution >= 0.6 is 11.8 Å². The number of thioether (sulfide) groups is 1. The highest BCUT2D eigenvalue weighted by Crippen LogP contribution is 2.38. The number of piperidine rings is 1. The van der Waals surface area contributed by atoms with Gasteiger partial charge in [0.05, 0.1) is 12.0 Å². The SMILES string of the molecule is CCOC(=O)C1(CCCc2ccccc2)CCN(Cc2cnc(SC)nc2)CC1. The zero-order chi connectivity index (χ0) is 20.5. The molecule has 6 heteroatoms. The van der Waals surface area contributed by atoms with E-state index in [2.05, 4.69) is 39.1 Å². The van der Waals surface area contributed by atoms with E-state index in [4.69, 9.17) is 4.74 Å². The predicted octanol–water partition coefficient (Wildman–Crippen LogP) is 4.37. The third kappa shape index (κ3) is 6.03. The number of aromatic nitrogens is 2. The first-order valence-corrected chi connectivity index (χ1v) is 11.7. The summed E-state index contributed by atoms with van der Waals surface area (Å²) in [7, 11) is 0. The molecule has 156 valence electrons. The maximum absolute atomic E-state index is 12.8. The van der Waals surface area contributed by atoms with Crippen molar-refractivity contribution in [2.24, 2.45) is 5.41 Å². The Morgan fingerprint density at radius 1 is 1.14 bits per heavy atom. The lowest BCUT2D eigenvalue weighted by Gasteiger charge is -2.40. The maximum atomic E-state index is 12.8. The molecule has 1 aliphatic heterocycles. The fourth-order valence-corrected chi connectivity index (χ4v) is 4.36. The standard InChI is InChI=1S/C23H31N3O2S/c1-3-28-21(27)23(11-7-10-19-8-5-4-6-9-19)12-14-26(15-13-23)18-20-16-24-22(29-2)25-17-20/h4-6,8-9,16-17H,3,7,10-15,18H2,1-2H3. The number of carbonyl (C=O) groups excluding carboxylic acids is 1. The number of nitrogens with zero attached hydrogens (tertiary/aromatic N) is 3. The number of rotatable bonds is 9. The molecule has 3 rings (SSSR count). The Balaban J connectivity index is 1.57. The predicted molar refractivity (Wildman–Crippen MR) is 117 cm³/mol. The molecule has 0 bridgehead atoms. The van der Waals surface area contributed by atoms with E-state index in [1.54, 1.807) is 11.8 Å².